The predicted octanol–water partition coefficient (Wildman–Crippen LogP) is 12.3. The number of hydrogen-bond acceptors (Lipinski definition) is 2. The highest BCUT2D eigenvalue weighted by Gasteiger charge is 2.52. The van der Waals surface area contributed by atoms with Crippen LogP contribution in [0.1, 0.15) is 71.5 Å². The third kappa shape index (κ3) is 4.78. The maximum Gasteiger partial charge on any atom is 0.217 e. The molecule has 3 unspecified atom stereocenters. The Bertz CT molecular complexity index is 2810. The molecule has 0 fully saturated rings. The average molecular weight is 709 g/mol. The topological polar surface area (TPSA) is 20.9 Å². The van der Waals surface area contributed by atoms with Crippen molar-refractivity contribution in [1.82, 2.24) is 0 Å². The van der Waals surface area contributed by atoms with Crippen molar-refractivity contribution >= 4 is 43.4 Å². The fourth-order valence-corrected chi connectivity index (χ4v) is 10.7. The summed E-state index contributed by atoms with van der Waals surface area (Å²) in [7, 11) is 0. The lowest BCUT2D eigenvalue weighted by Crippen LogP contribution is -2.52. The van der Waals surface area contributed by atoms with E-state index in [2.05, 4.69) is 173 Å². The summed E-state index contributed by atoms with van der Waals surface area (Å²) in [5.41, 5.74) is 16.3. The molecule has 3 nitrogen and oxygen atoms in total. The monoisotopic (exact) mass is 708 g/mol. The van der Waals surface area contributed by atoms with Crippen LogP contribution >= 0.6 is 11.3 Å². The molecular weight excluding hydrogens is 665 g/mol. The quantitative estimate of drug-likeness (QED) is 0.132. The van der Waals surface area contributed by atoms with Crippen LogP contribution in [0.4, 0.5) is 0 Å². The molecule has 0 aliphatic carbocycles. The summed E-state index contributed by atoms with van der Waals surface area (Å²) < 4.78 is 13.4. The summed E-state index contributed by atoms with van der Waals surface area (Å²) in [5.74, 6) is 0.0846. The Morgan fingerprint density at radius 2 is 1.49 bits per heavy atom. The molecule has 0 N–H and O–H groups in total. The lowest BCUT2D eigenvalue weighted by molar-refractivity contribution is -0.739. The van der Waals surface area contributed by atoms with E-state index in [1.807, 2.05) is 11.3 Å². The number of aryl methyl sites for hydroxylation is 3. The van der Waals surface area contributed by atoms with E-state index in [0.717, 1.165) is 17.6 Å². The Kier molecular flexibility index (Phi) is 7.07. The van der Waals surface area contributed by atoms with E-state index >= 15 is 0 Å². The minimum atomic E-state index is -0.00150. The van der Waals surface area contributed by atoms with Gasteiger partial charge in [-0.15, -0.1) is 11.3 Å². The average Bonchev–Trinajstić information content (AvgIpc) is 3.80. The zero-order chi connectivity index (χ0) is 36.3. The van der Waals surface area contributed by atoms with E-state index in [9.17, 15) is 0 Å². The van der Waals surface area contributed by atoms with Crippen LogP contribution in [0.15, 0.2) is 127 Å². The van der Waals surface area contributed by atoms with Gasteiger partial charge >= 0.3 is 0 Å². The van der Waals surface area contributed by atoms with Gasteiger partial charge in [0.05, 0.1) is 15.8 Å². The maximum atomic E-state index is 7.16. The van der Waals surface area contributed by atoms with Gasteiger partial charge in [0.1, 0.15) is 11.5 Å². The number of nitrogens with zero attached hydrogens (tertiary/aromatic N) is 2. The molecule has 6 heterocycles. The number of hydrogen-bond donors (Lipinski definition) is 0. The Morgan fingerprint density at radius 1 is 0.736 bits per heavy atom. The number of fused-ring (bicyclic) bond motifs is 12. The van der Waals surface area contributed by atoms with Crippen molar-refractivity contribution in [3.8, 4) is 33.6 Å². The molecule has 4 heteroatoms. The van der Waals surface area contributed by atoms with Gasteiger partial charge in [0.15, 0.2) is 30.1 Å². The Balaban J connectivity index is 1.33. The van der Waals surface area contributed by atoms with Crippen molar-refractivity contribution in [1.29, 1.82) is 0 Å². The molecule has 10 rings (SSSR count). The normalized spacial score (nSPS) is 17.6. The van der Waals surface area contributed by atoms with Crippen molar-refractivity contribution in [3.63, 3.8) is 0 Å². The lowest BCUT2D eigenvalue weighted by atomic mass is 9.76. The summed E-state index contributed by atoms with van der Waals surface area (Å²) in [5, 5.41) is 3.61. The van der Waals surface area contributed by atoms with Gasteiger partial charge in [0, 0.05) is 45.0 Å². The van der Waals surface area contributed by atoms with Crippen molar-refractivity contribution < 1.29 is 13.6 Å². The second-order valence-corrected chi connectivity index (χ2v) is 17.8. The molecule has 53 heavy (non-hydrogen) atoms. The van der Waals surface area contributed by atoms with Gasteiger partial charge in [-0.1, -0.05) is 75.9 Å². The van der Waals surface area contributed by atoms with E-state index in [1.54, 1.807) is 0 Å². The van der Waals surface area contributed by atoms with Gasteiger partial charge in [-0.3, -0.25) is 0 Å². The van der Waals surface area contributed by atoms with Crippen LogP contribution in [-0.2, 0) is 6.42 Å². The molecule has 0 saturated carbocycles. The maximum absolute atomic E-state index is 7.16. The molecule has 2 aliphatic heterocycles. The fraction of sp³-hybridized carbons (Fsp3) is 0.224. The molecule has 0 amide bonds. The van der Waals surface area contributed by atoms with Gasteiger partial charge in [0.2, 0.25) is 11.4 Å². The van der Waals surface area contributed by atoms with Crippen LogP contribution in [0.5, 0.6) is 0 Å². The fourth-order valence-electron chi connectivity index (χ4n) is 9.73. The van der Waals surface area contributed by atoms with Crippen LogP contribution in [0.3, 0.4) is 0 Å². The number of rotatable bonds is 4. The van der Waals surface area contributed by atoms with E-state index in [-0.39, 0.29) is 23.4 Å². The van der Waals surface area contributed by atoms with Gasteiger partial charge < -0.3 is 4.42 Å². The molecule has 0 saturated heterocycles. The summed E-state index contributed by atoms with van der Waals surface area (Å²) in [6.45, 7) is 18.3. The first-order valence-corrected chi connectivity index (χ1v) is 19.7. The number of allylic oxidation sites excluding steroid dienone is 1. The summed E-state index contributed by atoms with van der Waals surface area (Å²) in [4.78, 5) is 1.30. The molecule has 2 aliphatic rings. The zero-order valence-electron chi connectivity index (χ0n) is 31.3. The standard InChI is InChI=1S/C49H44N2OS/c1-8-39-43(34-17-10-9-16-33(34)40-18-11-12-23-50(39)40)45-37-22-21-35-36-20-19-31-24-30(4)53-48(31)47(36)52-46(35)44(37)41-25-32(26-49(5,6)7)38(27-51(41)45)42-28(2)14-13-15-29(42)3/h8-25,27,39,43,45H,1,26H2,2-7H3/q+2. The van der Waals surface area contributed by atoms with Crippen LogP contribution in [-0.4, -0.2) is 0 Å². The number of furan rings is 1. The number of thiophene rings is 1. The molecule has 260 valence electrons. The third-order valence-corrected chi connectivity index (χ3v) is 12.8. The first kappa shape index (κ1) is 32.3. The van der Waals surface area contributed by atoms with Crippen LogP contribution < -0.4 is 9.13 Å². The summed E-state index contributed by atoms with van der Waals surface area (Å²) in [6.07, 6.45) is 7.86. The molecule has 0 radical (unpaired) electrons. The van der Waals surface area contributed by atoms with E-state index in [4.69, 9.17) is 4.42 Å². The molecule has 4 aromatic carbocycles. The number of aromatic nitrogens is 2. The molecule has 0 bridgehead atoms. The van der Waals surface area contributed by atoms with Crippen LogP contribution in [0.25, 0.3) is 65.7 Å². The molecule has 4 aromatic heterocycles. The number of benzene rings is 4. The van der Waals surface area contributed by atoms with E-state index in [0.29, 0.717) is 0 Å². The highest BCUT2D eigenvalue weighted by Crippen LogP contribution is 2.53. The van der Waals surface area contributed by atoms with Crippen LogP contribution in [0.2, 0.25) is 0 Å². The zero-order valence-corrected chi connectivity index (χ0v) is 32.1. The minimum absolute atomic E-state index is 0.00150. The molecule has 3 atom stereocenters. The SMILES string of the molecule is C=CC1C(C2c3ccc4c(oc5c4ccc4cc(C)sc45)c3-c3cc(CC(C)(C)C)c(-c4c(C)cccc4C)c[n+]32)c2ccccc2-c2cccc[n+]21. The van der Waals surface area contributed by atoms with E-state index in [1.165, 1.54) is 87.2 Å². The minimum Gasteiger partial charge on any atom is -0.454 e. The predicted molar refractivity (Wildman–Crippen MR) is 220 cm³/mol. The van der Waals surface area contributed by atoms with Gasteiger partial charge in [-0.2, -0.15) is 9.13 Å². The largest absolute Gasteiger partial charge is 0.454 e. The highest BCUT2D eigenvalue weighted by atomic mass is 32.1. The molecule has 0 spiro atoms. The molecular formula is C49H44N2OS+2. The third-order valence-electron chi connectivity index (χ3n) is 11.8. The Morgan fingerprint density at radius 3 is 2.28 bits per heavy atom. The summed E-state index contributed by atoms with van der Waals surface area (Å²) >= 11 is 1.83. The Labute approximate surface area is 315 Å². The second-order valence-electron chi connectivity index (χ2n) is 16.5. The molecule has 8 aromatic rings. The first-order chi connectivity index (χ1) is 25.6. The van der Waals surface area contributed by atoms with Gasteiger partial charge in [-0.25, -0.2) is 0 Å². The van der Waals surface area contributed by atoms with Crippen molar-refractivity contribution in [2.24, 2.45) is 5.41 Å². The van der Waals surface area contributed by atoms with Crippen molar-refractivity contribution in [3.05, 3.63) is 155 Å². The highest BCUT2D eigenvalue weighted by molar-refractivity contribution is 7.20. The van der Waals surface area contributed by atoms with Crippen LogP contribution in [0, 0.1) is 26.2 Å². The van der Waals surface area contributed by atoms with Crippen molar-refractivity contribution in [2.75, 3.05) is 0 Å². The van der Waals surface area contributed by atoms with Gasteiger partial charge in [-0.05, 0) is 102 Å². The van der Waals surface area contributed by atoms with Gasteiger partial charge in [0.25, 0.3) is 0 Å². The first-order valence-electron chi connectivity index (χ1n) is 18.9. The van der Waals surface area contributed by atoms with Crippen molar-refractivity contribution in [2.45, 2.75) is 66.0 Å². The smallest absolute Gasteiger partial charge is 0.217 e. The summed E-state index contributed by atoms with van der Waals surface area (Å²) in [6, 6.07) is 36.4. The lowest BCUT2D eigenvalue weighted by Gasteiger charge is -2.31. The number of pyridine rings is 2. The Hall–Kier alpha value is -5.32. The van der Waals surface area contributed by atoms with E-state index < -0.39 is 0 Å². The second kappa shape index (κ2) is 11.6.